The van der Waals surface area contributed by atoms with Crippen LogP contribution in [0.5, 0.6) is 11.5 Å². The molecule has 1 aliphatic rings. The van der Waals surface area contributed by atoms with Gasteiger partial charge < -0.3 is 24.8 Å². The number of carbonyl (C=O) groups is 2. The Hall–Kier alpha value is -2.28. The fraction of sp³-hybridized carbons (Fsp3) is 0.529. The van der Waals surface area contributed by atoms with Crippen molar-refractivity contribution in [1.82, 2.24) is 4.90 Å². The summed E-state index contributed by atoms with van der Waals surface area (Å²) in [4.78, 5) is 25.6. The summed E-state index contributed by atoms with van der Waals surface area (Å²) < 4.78 is 15.7. The molecule has 0 spiro atoms. The molecule has 132 valence electrons. The van der Waals surface area contributed by atoms with Gasteiger partial charge in [-0.25, -0.2) is 4.79 Å². The second-order valence-electron chi connectivity index (χ2n) is 5.64. The highest BCUT2D eigenvalue weighted by Crippen LogP contribution is 2.29. The summed E-state index contributed by atoms with van der Waals surface area (Å²) in [5.41, 5.74) is 6.56. The van der Waals surface area contributed by atoms with Gasteiger partial charge in [-0.2, -0.15) is 0 Å². The number of nitrogens with zero attached hydrogens (tertiary/aromatic N) is 1. The minimum Gasteiger partial charge on any atom is -0.497 e. The first-order valence-electron chi connectivity index (χ1n) is 7.97. The fourth-order valence-corrected chi connectivity index (χ4v) is 2.59. The van der Waals surface area contributed by atoms with E-state index in [4.69, 9.17) is 19.9 Å². The highest BCUT2D eigenvalue weighted by molar-refractivity contribution is 5.99. The van der Waals surface area contributed by atoms with Gasteiger partial charge in [-0.3, -0.25) is 4.79 Å². The summed E-state index contributed by atoms with van der Waals surface area (Å²) in [5, 5.41) is 0. The predicted molar refractivity (Wildman–Crippen MR) is 87.7 cm³/mol. The molecule has 1 aromatic rings. The quantitative estimate of drug-likeness (QED) is 0.434. The predicted octanol–water partition coefficient (Wildman–Crippen LogP) is 1.09. The van der Waals surface area contributed by atoms with Crippen molar-refractivity contribution in [3.05, 3.63) is 23.8 Å². The molecule has 0 aromatic heterocycles. The zero-order chi connectivity index (χ0) is 17.7. The smallest absolute Gasteiger partial charge is 0.331 e. The number of hydrogen-bond acceptors (Lipinski definition) is 6. The van der Waals surface area contributed by atoms with Crippen LogP contribution in [0.25, 0.3) is 0 Å². The van der Waals surface area contributed by atoms with Crippen molar-refractivity contribution in [1.29, 1.82) is 0 Å². The van der Waals surface area contributed by atoms with Crippen LogP contribution in [0.2, 0.25) is 0 Å². The first-order chi connectivity index (χ1) is 11.5. The number of rotatable bonds is 8. The Bertz CT molecular complexity index is 605. The van der Waals surface area contributed by atoms with Crippen LogP contribution in [0.15, 0.2) is 18.2 Å². The first-order valence-corrected chi connectivity index (χ1v) is 7.97. The fourth-order valence-electron chi connectivity index (χ4n) is 2.59. The van der Waals surface area contributed by atoms with Gasteiger partial charge in [0.15, 0.2) is 6.04 Å². The van der Waals surface area contributed by atoms with Crippen LogP contribution < -0.4 is 15.2 Å². The third kappa shape index (κ3) is 3.62. The summed E-state index contributed by atoms with van der Waals surface area (Å²) >= 11 is 0. The van der Waals surface area contributed by atoms with Crippen LogP contribution in [-0.2, 0) is 20.9 Å². The maximum atomic E-state index is 12.2. The monoisotopic (exact) mass is 336 g/mol. The lowest BCUT2D eigenvalue weighted by Crippen LogP contribution is -2.71. The van der Waals surface area contributed by atoms with Crippen LogP contribution >= 0.6 is 0 Å². The van der Waals surface area contributed by atoms with Crippen molar-refractivity contribution in [3.63, 3.8) is 0 Å². The summed E-state index contributed by atoms with van der Waals surface area (Å²) in [6.07, 6.45) is 1.71. The van der Waals surface area contributed by atoms with Gasteiger partial charge in [0.1, 0.15) is 17.5 Å². The number of amides is 1. The summed E-state index contributed by atoms with van der Waals surface area (Å²) in [5.74, 6) is 0.506. The van der Waals surface area contributed by atoms with Crippen molar-refractivity contribution in [2.45, 2.75) is 38.4 Å². The van der Waals surface area contributed by atoms with E-state index in [2.05, 4.69) is 0 Å². The lowest BCUT2D eigenvalue weighted by atomic mass is 9.94. The van der Waals surface area contributed by atoms with Gasteiger partial charge in [-0.1, -0.05) is 13.3 Å². The Kier molecular flexibility index (Phi) is 6.03. The number of esters is 1. The van der Waals surface area contributed by atoms with Crippen LogP contribution in [-0.4, -0.2) is 49.7 Å². The van der Waals surface area contributed by atoms with E-state index in [0.29, 0.717) is 18.1 Å². The number of hydrogen-bond donors (Lipinski definition) is 1. The number of β-lactam (4-membered cyclic amide) rings is 1. The van der Waals surface area contributed by atoms with Crippen molar-refractivity contribution in [2.75, 3.05) is 20.8 Å². The van der Waals surface area contributed by atoms with Crippen LogP contribution in [0.4, 0.5) is 0 Å². The van der Waals surface area contributed by atoms with Crippen molar-refractivity contribution in [2.24, 2.45) is 5.73 Å². The standard InChI is InChI=1S/C17H24N2O5/c1-4-5-8-24-17(21)15-14(18)16(20)19(15)10-11-6-7-12(22-2)9-13(11)23-3/h6-7,9,14-15H,4-5,8,10,18H2,1-3H3. The van der Waals surface area contributed by atoms with E-state index < -0.39 is 18.1 Å². The maximum absolute atomic E-state index is 12.2. The van der Waals surface area contributed by atoms with Crippen molar-refractivity contribution in [3.8, 4) is 11.5 Å². The second kappa shape index (κ2) is 8.01. The van der Waals surface area contributed by atoms with Crippen LogP contribution in [0.3, 0.4) is 0 Å². The number of likely N-dealkylation sites (tertiary alicyclic amines) is 1. The summed E-state index contributed by atoms with van der Waals surface area (Å²) in [6, 6.07) is 3.71. The summed E-state index contributed by atoms with van der Waals surface area (Å²) in [7, 11) is 3.10. The largest absolute Gasteiger partial charge is 0.497 e. The van der Waals surface area contributed by atoms with Crippen LogP contribution in [0, 0.1) is 0 Å². The number of methoxy groups -OCH3 is 2. The molecule has 2 atom stereocenters. The van der Waals surface area contributed by atoms with E-state index in [9.17, 15) is 9.59 Å². The Labute approximate surface area is 141 Å². The lowest BCUT2D eigenvalue weighted by Gasteiger charge is -2.43. The number of benzene rings is 1. The molecule has 24 heavy (non-hydrogen) atoms. The number of nitrogens with two attached hydrogens (primary N) is 1. The molecule has 1 saturated heterocycles. The molecule has 0 aliphatic carbocycles. The molecule has 1 aliphatic heterocycles. The van der Waals surface area contributed by atoms with Gasteiger partial charge in [-0.05, 0) is 18.6 Å². The summed E-state index contributed by atoms with van der Waals surface area (Å²) in [6.45, 7) is 2.58. The van der Waals surface area contributed by atoms with Gasteiger partial charge in [-0.15, -0.1) is 0 Å². The van der Waals surface area contributed by atoms with E-state index in [1.165, 1.54) is 4.90 Å². The Morgan fingerprint density at radius 2 is 2.04 bits per heavy atom. The first kappa shape index (κ1) is 18.1. The molecule has 2 N–H and O–H groups in total. The van der Waals surface area contributed by atoms with Gasteiger partial charge in [0.2, 0.25) is 5.91 Å². The van der Waals surface area contributed by atoms with E-state index in [-0.39, 0.29) is 12.5 Å². The molecule has 0 bridgehead atoms. The average Bonchev–Trinajstić information content (AvgIpc) is 2.61. The highest BCUT2D eigenvalue weighted by Gasteiger charge is 2.50. The normalized spacial score (nSPS) is 19.7. The minimum atomic E-state index is -0.844. The average molecular weight is 336 g/mol. The van der Waals surface area contributed by atoms with E-state index >= 15 is 0 Å². The Balaban J connectivity index is 2.09. The number of unbranched alkanes of at least 4 members (excludes halogenated alkanes) is 1. The maximum Gasteiger partial charge on any atom is 0.331 e. The molecule has 2 rings (SSSR count). The van der Waals surface area contributed by atoms with E-state index in [1.807, 2.05) is 6.92 Å². The van der Waals surface area contributed by atoms with Gasteiger partial charge in [0.05, 0.1) is 27.4 Å². The second-order valence-corrected chi connectivity index (χ2v) is 5.64. The highest BCUT2D eigenvalue weighted by atomic mass is 16.5. The third-order valence-electron chi connectivity index (χ3n) is 4.06. The van der Waals surface area contributed by atoms with Gasteiger partial charge in [0, 0.05) is 11.6 Å². The zero-order valence-corrected chi connectivity index (χ0v) is 14.3. The zero-order valence-electron chi connectivity index (χ0n) is 14.3. The van der Waals surface area contributed by atoms with Crippen LogP contribution in [0.1, 0.15) is 25.3 Å². The van der Waals surface area contributed by atoms with E-state index in [0.717, 1.165) is 18.4 Å². The molecule has 7 heteroatoms. The molecule has 7 nitrogen and oxygen atoms in total. The molecule has 1 fully saturated rings. The molecule has 2 unspecified atom stereocenters. The Morgan fingerprint density at radius 3 is 2.67 bits per heavy atom. The molecule has 1 aromatic carbocycles. The molecule has 0 saturated carbocycles. The van der Waals surface area contributed by atoms with Crippen molar-refractivity contribution < 1.29 is 23.8 Å². The molecule has 1 amide bonds. The lowest BCUT2D eigenvalue weighted by molar-refractivity contribution is -0.169. The molecule has 0 radical (unpaired) electrons. The number of carbonyl (C=O) groups excluding carboxylic acids is 2. The topological polar surface area (TPSA) is 91.1 Å². The third-order valence-corrected chi connectivity index (χ3v) is 4.06. The molecular weight excluding hydrogens is 312 g/mol. The number of ether oxygens (including phenoxy) is 3. The minimum absolute atomic E-state index is 0.229. The van der Waals surface area contributed by atoms with E-state index in [1.54, 1.807) is 32.4 Å². The van der Waals surface area contributed by atoms with Gasteiger partial charge >= 0.3 is 5.97 Å². The molecule has 1 heterocycles. The van der Waals surface area contributed by atoms with Gasteiger partial charge in [0.25, 0.3) is 0 Å². The Morgan fingerprint density at radius 1 is 1.29 bits per heavy atom. The molecular formula is C17H24N2O5. The van der Waals surface area contributed by atoms with Crippen molar-refractivity contribution >= 4 is 11.9 Å². The SMILES string of the molecule is CCCCOC(=O)C1C(N)C(=O)N1Cc1ccc(OC)cc1OC.